The lowest BCUT2D eigenvalue weighted by molar-refractivity contribution is -0.120. The molecule has 2 atom stereocenters. The van der Waals surface area contributed by atoms with E-state index < -0.39 is 0 Å². The fourth-order valence-corrected chi connectivity index (χ4v) is 2.93. The molecule has 0 aromatic heterocycles. The number of para-hydroxylation sites is 2. The summed E-state index contributed by atoms with van der Waals surface area (Å²) in [7, 11) is 3.75. The second-order valence-electron chi connectivity index (χ2n) is 6.10. The monoisotopic (exact) mass is 305 g/mol. The number of rotatable bonds is 5. The Balaban J connectivity index is 2.14. The number of ether oxygens (including phenoxy) is 1. The molecule has 0 radical (unpaired) electrons. The van der Waals surface area contributed by atoms with Gasteiger partial charge in [0.15, 0.2) is 0 Å². The average Bonchev–Trinajstić information content (AvgIpc) is 2.60. The van der Waals surface area contributed by atoms with Gasteiger partial charge in [-0.25, -0.2) is 0 Å². The van der Waals surface area contributed by atoms with E-state index in [-0.39, 0.29) is 11.9 Å². The van der Waals surface area contributed by atoms with E-state index in [2.05, 4.69) is 41.2 Å². The van der Waals surface area contributed by atoms with Gasteiger partial charge in [0.25, 0.3) is 0 Å². The largest absolute Gasteiger partial charge is 0.383 e. The average molecular weight is 305 g/mol. The molecule has 0 bridgehead atoms. The Bertz CT molecular complexity index is 506. The molecule has 1 aliphatic heterocycles. The number of hydrogen-bond donors (Lipinski definition) is 1. The number of amides is 1. The van der Waals surface area contributed by atoms with Gasteiger partial charge in [0.1, 0.15) is 0 Å². The van der Waals surface area contributed by atoms with Gasteiger partial charge >= 0.3 is 0 Å². The van der Waals surface area contributed by atoms with E-state index in [4.69, 9.17) is 4.74 Å². The molecule has 22 heavy (non-hydrogen) atoms. The first kappa shape index (κ1) is 16.6. The lowest BCUT2D eigenvalue weighted by Crippen LogP contribution is -2.45. The highest BCUT2D eigenvalue weighted by Gasteiger charge is 2.25. The zero-order valence-electron chi connectivity index (χ0n) is 14.0. The Morgan fingerprint density at radius 3 is 2.77 bits per heavy atom. The summed E-state index contributed by atoms with van der Waals surface area (Å²) < 4.78 is 5.07. The minimum atomic E-state index is 0.0256. The van der Waals surface area contributed by atoms with Gasteiger partial charge in [-0.1, -0.05) is 12.1 Å². The van der Waals surface area contributed by atoms with Gasteiger partial charge < -0.3 is 19.9 Å². The van der Waals surface area contributed by atoms with E-state index in [1.165, 1.54) is 5.69 Å². The summed E-state index contributed by atoms with van der Waals surface area (Å²) in [5, 5.41) is 2.99. The first-order valence-electron chi connectivity index (χ1n) is 7.88. The van der Waals surface area contributed by atoms with E-state index in [0.29, 0.717) is 19.2 Å². The molecule has 0 spiro atoms. The molecule has 2 rings (SSSR count). The van der Waals surface area contributed by atoms with Crippen molar-refractivity contribution in [3.05, 3.63) is 24.3 Å². The Morgan fingerprint density at radius 2 is 2.09 bits per heavy atom. The minimum absolute atomic E-state index is 0.0256. The van der Waals surface area contributed by atoms with Gasteiger partial charge in [-0.15, -0.1) is 0 Å². The van der Waals surface area contributed by atoms with Crippen molar-refractivity contribution >= 4 is 17.3 Å². The lowest BCUT2D eigenvalue weighted by atomic mass is 10.2. The first-order valence-corrected chi connectivity index (χ1v) is 7.88. The van der Waals surface area contributed by atoms with Crippen LogP contribution >= 0.6 is 0 Å². The molecule has 0 saturated heterocycles. The van der Waals surface area contributed by atoms with E-state index in [0.717, 1.165) is 18.7 Å². The van der Waals surface area contributed by atoms with Crippen molar-refractivity contribution in [2.45, 2.75) is 32.4 Å². The van der Waals surface area contributed by atoms with E-state index >= 15 is 0 Å². The van der Waals surface area contributed by atoms with Crippen LogP contribution in [0.5, 0.6) is 0 Å². The van der Waals surface area contributed by atoms with Crippen LogP contribution in [-0.2, 0) is 9.53 Å². The number of hydrogen-bond acceptors (Lipinski definition) is 4. The van der Waals surface area contributed by atoms with Crippen LogP contribution in [0.2, 0.25) is 0 Å². The van der Waals surface area contributed by atoms with Crippen LogP contribution < -0.4 is 15.1 Å². The van der Waals surface area contributed by atoms with Crippen molar-refractivity contribution in [2.75, 3.05) is 43.7 Å². The normalized spacial score (nSPS) is 19.4. The van der Waals surface area contributed by atoms with Crippen LogP contribution in [0, 0.1) is 0 Å². The molecule has 0 aliphatic carbocycles. The molecule has 1 heterocycles. The summed E-state index contributed by atoms with van der Waals surface area (Å²) in [6.07, 6.45) is 1.03. The standard InChI is InChI=1S/C17H27N3O2/c1-13(12-22-4)18-17(21)11-20-14(2)9-10-19(3)15-7-5-6-8-16(15)20/h5-8,13-14H,9-12H2,1-4H3,(H,18,21)/t13-,14+/m0/s1. The number of anilines is 2. The highest BCUT2D eigenvalue weighted by atomic mass is 16.5. The molecule has 5 heteroatoms. The molecule has 1 amide bonds. The van der Waals surface area contributed by atoms with Crippen molar-refractivity contribution in [2.24, 2.45) is 0 Å². The van der Waals surface area contributed by atoms with Crippen molar-refractivity contribution in [1.82, 2.24) is 5.32 Å². The van der Waals surface area contributed by atoms with Crippen LogP contribution in [-0.4, -0.2) is 51.8 Å². The Kier molecular flexibility index (Phi) is 5.66. The SMILES string of the molecule is COC[C@H](C)NC(=O)CN1c2ccccc2N(C)CC[C@H]1C. The van der Waals surface area contributed by atoms with Crippen molar-refractivity contribution in [1.29, 1.82) is 0 Å². The Labute approximate surface area is 133 Å². The topological polar surface area (TPSA) is 44.8 Å². The molecule has 5 nitrogen and oxygen atoms in total. The van der Waals surface area contributed by atoms with E-state index in [1.807, 2.05) is 19.1 Å². The molecule has 1 aromatic carbocycles. The predicted octanol–water partition coefficient (Wildman–Crippen LogP) is 1.87. The smallest absolute Gasteiger partial charge is 0.239 e. The van der Waals surface area contributed by atoms with Gasteiger partial charge in [0, 0.05) is 32.8 Å². The number of nitrogens with one attached hydrogen (secondary N) is 1. The zero-order valence-corrected chi connectivity index (χ0v) is 14.0. The first-order chi connectivity index (χ1) is 10.5. The summed E-state index contributed by atoms with van der Waals surface area (Å²) in [4.78, 5) is 16.8. The van der Waals surface area contributed by atoms with Gasteiger partial charge in [-0.2, -0.15) is 0 Å². The zero-order chi connectivity index (χ0) is 16.1. The highest BCUT2D eigenvalue weighted by molar-refractivity contribution is 5.84. The van der Waals surface area contributed by atoms with Crippen LogP contribution in [0.4, 0.5) is 11.4 Å². The Morgan fingerprint density at radius 1 is 1.41 bits per heavy atom. The molecule has 0 unspecified atom stereocenters. The highest BCUT2D eigenvalue weighted by Crippen LogP contribution is 2.33. The predicted molar refractivity (Wildman–Crippen MR) is 90.6 cm³/mol. The fraction of sp³-hybridized carbons (Fsp3) is 0.588. The summed E-state index contributed by atoms with van der Waals surface area (Å²) >= 11 is 0. The molecule has 0 saturated carbocycles. The lowest BCUT2D eigenvalue weighted by Gasteiger charge is -2.30. The quantitative estimate of drug-likeness (QED) is 0.902. The molecule has 1 aliphatic rings. The van der Waals surface area contributed by atoms with Crippen LogP contribution in [0.3, 0.4) is 0 Å². The second kappa shape index (κ2) is 7.49. The van der Waals surface area contributed by atoms with Crippen LogP contribution in [0.25, 0.3) is 0 Å². The van der Waals surface area contributed by atoms with Gasteiger partial charge in [-0.05, 0) is 32.4 Å². The molecular formula is C17H27N3O2. The molecule has 122 valence electrons. The third kappa shape index (κ3) is 3.91. The summed E-state index contributed by atoms with van der Waals surface area (Å²) in [5.74, 6) is 0.0377. The fourth-order valence-electron chi connectivity index (χ4n) is 2.93. The van der Waals surface area contributed by atoms with Crippen LogP contribution in [0.15, 0.2) is 24.3 Å². The second-order valence-corrected chi connectivity index (χ2v) is 6.10. The van der Waals surface area contributed by atoms with Gasteiger partial charge in [0.2, 0.25) is 5.91 Å². The van der Waals surface area contributed by atoms with E-state index in [1.54, 1.807) is 7.11 Å². The van der Waals surface area contributed by atoms with Crippen molar-refractivity contribution < 1.29 is 9.53 Å². The maximum Gasteiger partial charge on any atom is 0.239 e. The number of fused-ring (bicyclic) bond motifs is 1. The molecule has 0 fully saturated rings. The summed E-state index contributed by atoms with van der Waals surface area (Å²) in [5.41, 5.74) is 2.31. The summed E-state index contributed by atoms with van der Waals surface area (Å²) in [6, 6.07) is 8.64. The summed E-state index contributed by atoms with van der Waals surface area (Å²) in [6.45, 7) is 6.04. The van der Waals surface area contributed by atoms with E-state index in [9.17, 15) is 4.79 Å². The molecular weight excluding hydrogens is 278 g/mol. The number of carbonyl (C=O) groups excluding carboxylic acids is 1. The number of nitrogens with zero attached hydrogens (tertiary/aromatic N) is 2. The van der Waals surface area contributed by atoms with Crippen LogP contribution in [0.1, 0.15) is 20.3 Å². The molecule has 1 aromatic rings. The third-order valence-corrected chi connectivity index (χ3v) is 4.15. The number of benzene rings is 1. The van der Waals surface area contributed by atoms with Crippen molar-refractivity contribution in [3.8, 4) is 0 Å². The van der Waals surface area contributed by atoms with Crippen molar-refractivity contribution in [3.63, 3.8) is 0 Å². The van der Waals surface area contributed by atoms with Gasteiger partial charge in [-0.3, -0.25) is 4.79 Å². The van der Waals surface area contributed by atoms with Gasteiger partial charge in [0.05, 0.1) is 24.5 Å². The third-order valence-electron chi connectivity index (χ3n) is 4.15. The maximum atomic E-state index is 12.3. The number of methoxy groups -OCH3 is 1. The maximum absolute atomic E-state index is 12.3. The number of carbonyl (C=O) groups is 1. The minimum Gasteiger partial charge on any atom is -0.383 e. The Hall–Kier alpha value is -1.75. The molecule has 1 N–H and O–H groups in total.